The van der Waals surface area contributed by atoms with Crippen molar-refractivity contribution in [1.29, 1.82) is 0 Å². The highest BCUT2D eigenvalue weighted by atomic mass is 16.5. The molecule has 0 radical (unpaired) electrons. The van der Waals surface area contributed by atoms with E-state index in [0.717, 1.165) is 49.9 Å². The van der Waals surface area contributed by atoms with Gasteiger partial charge in [0.05, 0.1) is 7.11 Å². The summed E-state index contributed by atoms with van der Waals surface area (Å²) in [4.78, 5) is 6.74. The molecule has 1 saturated heterocycles. The number of hydrogen-bond donors (Lipinski definition) is 1. The third-order valence-corrected chi connectivity index (χ3v) is 4.61. The lowest BCUT2D eigenvalue weighted by atomic mass is 10.1. The first kappa shape index (κ1) is 18.1. The number of methoxy groups -OCH3 is 1. The number of benzene rings is 2. The standard InChI is InChI=1S/C21H27N3O2/c1-22-21(23-16-17-8-10-18(25-2)11-9-17)24-14-12-20(13-15-24)26-19-6-4-3-5-7-19/h3-11,20H,12-16H2,1-2H3,(H,22,23). The largest absolute Gasteiger partial charge is 0.497 e. The van der Waals surface area contributed by atoms with Crippen molar-refractivity contribution in [3.8, 4) is 11.5 Å². The van der Waals surface area contributed by atoms with Gasteiger partial charge in [-0.25, -0.2) is 0 Å². The number of hydrogen-bond acceptors (Lipinski definition) is 3. The topological polar surface area (TPSA) is 46.1 Å². The van der Waals surface area contributed by atoms with E-state index in [-0.39, 0.29) is 6.10 Å². The van der Waals surface area contributed by atoms with E-state index in [1.807, 2.05) is 49.5 Å². The van der Waals surface area contributed by atoms with E-state index in [0.29, 0.717) is 0 Å². The van der Waals surface area contributed by atoms with Crippen molar-refractivity contribution < 1.29 is 9.47 Å². The van der Waals surface area contributed by atoms with Crippen LogP contribution in [0.2, 0.25) is 0 Å². The normalized spacial score (nSPS) is 15.6. The van der Waals surface area contributed by atoms with Gasteiger partial charge in [-0.3, -0.25) is 4.99 Å². The summed E-state index contributed by atoms with van der Waals surface area (Å²) in [5.41, 5.74) is 1.20. The Hall–Kier alpha value is -2.69. The maximum Gasteiger partial charge on any atom is 0.193 e. The lowest BCUT2D eigenvalue weighted by molar-refractivity contribution is 0.129. The van der Waals surface area contributed by atoms with Gasteiger partial charge in [-0.05, 0) is 29.8 Å². The second-order valence-corrected chi connectivity index (χ2v) is 6.37. The number of ether oxygens (including phenoxy) is 2. The predicted octanol–water partition coefficient (Wildman–Crippen LogP) is 3.31. The molecule has 0 atom stereocenters. The van der Waals surface area contributed by atoms with Gasteiger partial charge in [0.25, 0.3) is 0 Å². The van der Waals surface area contributed by atoms with Crippen LogP contribution in [0, 0.1) is 0 Å². The number of piperidine rings is 1. The lowest BCUT2D eigenvalue weighted by Crippen LogP contribution is -2.47. The molecule has 1 N–H and O–H groups in total. The lowest BCUT2D eigenvalue weighted by Gasteiger charge is -2.34. The van der Waals surface area contributed by atoms with Crippen molar-refractivity contribution in [2.45, 2.75) is 25.5 Å². The summed E-state index contributed by atoms with van der Waals surface area (Å²) in [5, 5.41) is 3.45. The van der Waals surface area contributed by atoms with Crippen molar-refractivity contribution in [3.63, 3.8) is 0 Å². The molecule has 0 aliphatic carbocycles. The minimum Gasteiger partial charge on any atom is -0.497 e. The van der Waals surface area contributed by atoms with Gasteiger partial charge in [0, 0.05) is 39.5 Å². The van der Waals surface area contributed by atoms with Crippen molar-refractivity contribution in [2.24, 2.45) is 4.99 Å². The predicted molar refractivity (Wildman–Crippen MR) is 105 cm³/mol. The monoisotopic (exact) mass is 353 g/mol. The first-order chi connectivity index (χ1) is 12.8. The number of aliphatic imine (C=N–C) groups is 1. The van der Waals surface area contributed by atoms with Crippen LogP contribution < -0.4 is 14.8 Å². The molecule has 0 unspecified atom stereocenters. The Balaban J connectivity index is 1.47. The second-order valence-electron chi connectivity index (χ2n) is 6.37. The number of likely N-dealkylation sites (tertiary alicyclic amines) is 1. The Kier molecular flexibility index (Phi) is 6.36. The van der Waals surface area contributed by atoms with Crippen LogP contribution in [0.5, 0.6) is 11.5 Å². The van der Waals surface area contributed by atoms with Gasteiger partial charge in [-0.2, -0.15) is 0 Å². The van der Waals surface area contributed by atoms with E-state index in [1.54, 1.807) is 7.11 Å². The maximum atomic E-state index is 6.07. The third kappa shape index (κ3) is 4.91. The summed E-state index contributed by atoms with van der Waals surface area (Å²) in [6, 6.07) is 18.2. The van der Waals surface area contributed by atoms with Crippen molar-refractivity contribution in [1.82, 2.24) is 10.2 Å². The van der Waals surface area contributed by atoms with Crippen molar-refractivity contribution in [2.75, 3.05) is 27.2 Å². The van der Waals surface area contributed by atoms with Gasteiger partial charge in [-0.1, -0.05) is 30.3 Å². The molecule has 1 heterocycles. The summed E-state index contributed by atoms with van der Waals surface area (Å²) >= 11 is 0. The van der Waals surface area contributed by atoms with Crippen LogP contribution >= 0.6 is 0 Å². The first-order valence-corrected chi connectivity index (χ1v) is 9.08. The zero-order valence-corrected chi connectivity index (χ0v) is 15.5. The Morgan fingerprint density at radius 3 is 2.35 bits per heavy atom. The Bertz CT molecular complexity index is 693. The molecule has 2 aromatic carbocycles. The molecule has 3 rings (SSSR count). The van der Waals surface area contributed by atoms with Crippen LogP contribution in [-0.2, 0) is 6.54 Å². The van der Waals surface area contributed by atoms with Gasteiger partial charge >= 0.3 is 0 Å². The molecule has 1 aliphatic rings. The molecule has 2 aromatic rings. The summed E-state index contributed by atoms with van der Waals surface area (Å²) < 4.78 is 11.3. The molecule has 1 fully saturated rings. The van der Waals surface area contributed by atoms with Crippen LogP contribution in [0.25, 0.3) is 0 Å². The summed E-state index contributed by atoms with van der Waals surface area (Å²) in [5.74, 6) is 2.77. The van der Waals surface area contributed by atoms with E-state index in [9.17, 15) is 0 Å². The van der Waals surface area contributed by atoms with Gasteiger partial charge < -0.3 is 19.7 Å². The molecule has 0 saturated carbocycles. The number of rotatable bonds is 5. The van der Waals surface area contributed by atoms with Crippen LogP contribution in [-0.4, -0.2) is 44.2 Å². The highest BCUT2D eigenvalue weighted by molar-refractivity contribution is 5.80. The van der Waals surface area contributed by atoms with Crippen LogP contribution in [0.4, 0.5) is 0 Å². The van der Waals surface area contributed by atoms with E-state index >= 15 is 0 Å². The van der Waals surface area contributed by atoms with Gasteiger partial charge in [-0.15, -0.1) is 0 Å². The maximum absolute atomic E-state index is 6.07. The molecule has 5 heteroatoms. The van der Waals surface area contributed by atoms with E-state index in [4.69, 9.17) is 9.47 Å². The van der Waals surface area contributed by atoms with Crippen LogP contribution in [0.1, 0.15) is 18.4 Å². The highest BCUT2D eigenvalue weighted by Gasteiger charge is 2.22. The average molecular weight is 353 g/mol. The molecule has 26 heavy (non-hydrogen) atoms. The van der Waals surface area contributed by atoms with Gasteiger partial charge in [0.1, 0.15) is 17.6 Å². The van der Waals surface area contributed by atoms with E-state index in [2.05, 4.69) is 27.3 Å². The molecule has 5 nitrogen and oxygen atoms in total. The molecule has 0 bridgehead atoms. The van der Waals surface area contributed by atoms with Crippen molar-refractivity contribution >= 4 is 5.96 Å². The molecule has 0 spiro atoms. The van der Waals surface area contributed by atoms with Crippen molar-refractivity contribution in [3.05, 3.63) is 60.2 Å². The summed E-state index contributed by atoms with van der Waals surface area (Å²) in [7, 11) is 3.52. The highest BCUT2D eigenvalue weighted by Crippen LogP contribution is 2.19. The minimum atomic E-state index is 0.272. The quantitative estimate of drug-likeness (QED) is 0.662. The molecule has 0 aromatic heterocycles. The zero-order chi connectivity index (χ0) is 18.2. The van der Waals surface area contributed by atoms with Gasteiger partial charge in [0.2, 0.25) is 0 Å². The summed E-state index contributed by atoms with van der Waals surface area (Å²) in [6.45, 7) is 2.64. The Morgan fingerprint density at radius 1 is 1.04 bits per heavy atom. The number of guanidine groups is 1. The fourth-order valence-corrected chi connectivity index (χ4v) is 3.13. The SMILES string of the molecule is CN=C(NCc1ccc(OC)cc1)N1CCC(Oc2ccccc2)CC1. The number of nitrogens with one attached hydrogen (secondary N) is 1. The molecule has 138 valence electrons. The smallest absolute Gasteiger partial charge is 0.193 e. The fourth-order valence-electron chi connectivity index (χ4n) is 3.13. The van der Waals surface area contributed by atoms with E-state index < -0.39 is 0 Å². The van der Waals surface area contributed by atoms with Crippen LogP contribution in [0.15, 0.2) is 59.6 Å². The minimum absolute atomic E-state index is 0.272. The third-order valence-electron chi connectivity index (χ3n) is 4.61. The molecular formula is C21H27N3O2. The molecule has 1 aliphatic heterocycles. The first-order valence-electron chi connectivity index (χ1n) is 9.08. The molecule has 0 amide bonds. The number of nitrogens with zero attached hydrogens (tertiary/aromatic N) is 2. The fraction of sp³-hybridized carbons (Fsp3) is 0.381. The van der Waals surface area contributed by atoms with Crippen LogP contribution in [0.3, 0.4) is 0 Å². The van der Waals surface area contributed by atoms with Gasteiger partial charge in [0.15, 0.2) is 5.96 Å². The summed E-state index contributed by atoms with van der Waals surface area (Å²) in [6.07, 6.45) is 2.27. The zero-order valence-electron chi connectivity index (χ0n) is 15.5. The molecular weight excluding hydrogens is 326 g/mol. The van der Waals surface area contributed by atoms with E-state index in [1.165, 1.54) is 5.56 Å². The Labute approximate surface area is 155 Å². The second kappa shape index (κ2) is 9.13. The Morgan fingerprint density at radius 2 is 1.73 bits per heavy atom. The average Bonchev–Trinajstić information content (AvgIpc) is 2.71. The number of para-hydroxylation sites is 1.